The van der Waals surface area contributed by atoms with Crippen LogP contribution in [0.15, 0.2) is 24.3 Å². The molecule has 3 nitrogen and oxygen atoms in total. The second kappa shape index (κ2) is 4.46. The van der Waals surface area contributed by atoms with Crippen molar-refractivity contribution in [1.82, 2.24) is 0 Å². The summed E-state index contributed by atoms with van der Waals surface area (Å²) in [6.07, 6.45) is -1.48. The molecule has 1 aromatic carbocycles. The third-order valence-corrected chi connectivity index (χ3v) is 1.89. The van der Waals surface area contributed by atoms with Crippen molar-refractivity contribution in [1.29, 1.82) is 0 Å². The molecule has 3 N–H and O–H groups in total. The molecule has 0 amide bonds. The minimum Gasteiger partial charge on any atom is -0.471 e. The standard InChI is InChI=1S/C9H12ClNO2/c1-6(12)9(11)13-8-5-3-2-4-7(8)10/h2-6,9,12H,11H2,1H3. The summed E-state index contributed by atoms with van der Waals surface area (Å²) >= 11 is 5.81. The molecule has 0 heterocycles. The van der Waals surface area contributed by atoms with Gasteiger partial charge in [-0.2, -0.15) is 0 Å². The lowest BCUT2D eigenvalue weighted by atomic mass is 10.3. The molecule has 0 radical (unpaired) electrons. The molecule has 0 saturated carbocycles. The highest BCUT2D eigenvalue weighted by Gasteiger charge is 2.11. The van der Waals surface area contributed by atoms with Gasteiger partial charge in [0.2, 0.25) is 0 Å². The summed E-state index contributed by atoms with van der Waals surface area (Å²) in [5.74, 6) is 0.484. The zero-order valence-corrected chi connectivity index (χ0v) is 8.03. The molecule has 2 atom stereocenters. The second-order valence-electron chi connectivity index (χ2n) is 2.75. The number of hydrogen-bond acceptors (Lipinski definition) is 3. The first-order valence-corrected chi connectivity index (χ1v) is 4.34. The predicted molar refractivity (Wildman–Crippen MR) is 51.7 cm³/mol. The van der Waals surface area contributed by atoms with Crippen molar-refractivity contribution in [3.63, 3.8) is 0 Å². The number of aliphatic hydroxyl groups excluding tert-OH is 1. The molecule has 0 fully saturated rings. The van der Waals surface area contributed by atoms with Gasteiger partial charge in [0.05, 0.1) is 5.02 Å². The molecule has 0 bridgehead atoms. The van der Waals surface area contributed by atoms with Gasteiger partial charge in [-0.25, -0.2) is 0 Å². The van der Waals surface area contributed by atoms with Crippen LogP contribution in [-0.4, -0.2) is 17.4 Å². The third kappa shape index (κ3) is 2.88. The summed E-state index contributed by atoms with van der Waals surface area (Å²) in [4.78, 5) is 0. The zero-order chi connectivity index (χ0) is 9.84. The van der Waals surface area contributed by atoms with E-state index in [1.54, 1.807) is 31.2 Å². The number of para-hydroxylation sites is 1. The van der Waals surface area contributed by atoms with Crippen molar-refractivity contribution >= 4 is 11.6 Å². The summed E-state index contributed by atoms with van der Waals surface area (Å²) in [7, 11) is 0. The zero-order valence-electron chi connectivity index (χ0n) is 7.27. The topological polar surface area (TPSA) is 55.5 Å². The fourth-order valence-corrected chi connectivity index (χ4v) is 0.966. The van der Waals surface area contributed by atoms with E-state index in [0.29, 0.717) is 10.8 Å². The lowest BCUT2D eigenvalue weighted by molar-refractivity contribution is 0.0529. The Morgan fingerprint density at radius 1 is 1.46 bits per heavy atom. The quantitative estimate of drug-likeness (QED) is 0.727. The Bertz CT molecular complexity index is 278. The first kappa shape index (κ1) is 10.3. The molecular weight excluding hydrogens is 190 g/mol. The molecule has 1 aromatic rings. The third-order valence-electron chi connectivity index (χ3n) is 1.58. The molecule has 0 aromatic heterocycles. The highest BCUT2D eigenvalue weighted by atomic mass is 35.5. The van der Waals surface area contributed by atoms with Gasteiger partial charge in [-0.3, -0.25) is 5.73 Å². The highest BCUT2D eigenvalue weighted by molar-refractivity contribution is 6.32. The maximum Gasteiger partial charge on any atom is 0.173 e. The number of benzene rings is 1. The van der Waals surface area contributed by atoms with Crippen LogP contribution in [0, 0.1) is 0 Å². The molecule has 1 rings (SSSR count). The normalized spacial score (nSPS) is 15.1. The van der Waals surface area contributed by atoms with Crippen LogP contribution in [0.3, 0.4) is 0 Å². The number of rotatable bonds is 3. The van der Waals surface area contributed by atoms with Crippen LogP contribution >= 0.6 is 11.6 Å². The molecule has 0 aliphatic rings. The first-order chi connectivity index (χ1) is 6.11. The molecule has 2 unspecified atom stereocenters. The van der Waals surface area contributed by atoms with Crippen LogP contribution in [-0.2, 0) is 0 Å². The minimum atomic E-state index is -0.750. The Labute approximate surface area is 82.1 Å². The lowest BCUT2D eigenvalue weighted by Gasteiger charge is -2.17. The van der Waals surface area contributed by atoms with Gasteiger partial charge in [-0.15, -0.1) is 0 Å². The first-order valence-electron chi connectivity index (χ1n) is 3.96. The maximum atomic E-state index is 9.08. The number of nitrogens with two attached hydrogens (primary N) is 1. The van der Waals surface area contributed by atoms with E-state index in [-0.39, 0.29) is 0 Å². The van der Waals surface area contributed by atoms with Gasteiger partial charge >= 0.3 is 0 Å². The van der Waals surface area contributed by atoms with E-state index in [1.807, 2.05) is 0 Å². The molecule has 4 heteroatoms. The van der Waals surface area contributed by atoms with Crippen LogP contribution < -0.4 is 10.5 Å². The Balaban J connectivity index is 2.69. The van der Waals surface area contributed by atoms with Crippen molar-refractivity contribution in [2.24, 2.45) is 5.73 Å². The summed E-state index contributed by atoms with van der Waals surface area (Å²) in [6.45, 7) is 1.56. The average Bonchev–Trinajstić information content (AvgIpc) is 2.08. The van der Waals surface area contributed by atoms with E-state index in [1.165, 1.54) is 0 Å². The fourth-order valence-electron chi connectivity index (χ4n) is 0.785. The van der Waals surface area contributed by atoms with Gasteiger partial charge in [-0.1, -0.05) is 23.7 Å². The van der Waals surface area contributed by atoms with Gasteiger partial charge in [-0.05, 0) is 19.1 Å². The van der Waals surface area contributed by atoms with E-state index in [9.17, 15) is 0 Å². The maximum absolute atomic E-state index is 9.08. The van der Waals surface area contributed by atoms with Gasteiger partial charge in [0.15, 0.2) is 6.23 Å². The van der Waals surface area contributed by atoms with E-state index in [4.69, 9.17) is 27.2 Å². The summed E-state index contributed by atoms with van der Waals surface area (Å²) in [5, 5.41) is 9.56. The smallest absolute Gasteiger partial charge is 0.173 e. The fraction of sp³-hybridized carbons (Fsp3) is 0.333. The monoisotopic (exact) mass is 201 g/mol. The molecule has 72 valence electrons. The highest BCUT2D eigenvalue weighted by Crippen LogP contribution is 2.23. The number of halogens is 1. The van der Waals surface area contributed by atoms with Gasteiger partial charge < -0.3 is 9.84 Å². The van der Waals surface area contributed by atoms with Crippen molar-refractivity contribution in [2.75, 3.05) is 0 Å². The van der Waals surface area contributed by atoms with Gasteiger partial charge in [0, 0.05) is 0 Å². The number of aliphatic hydroxyl groups is 1. The lowest BCUT2D eigenvalue weighted by Crippen LogP contribution is -2.37. The van der Waals surface area contributed by atoms with Crippen molar-refractivity contribution < 1.29 is 9.84 Å². The van der Waals surface area contributed by atoms with Crippen molar-refractivity contribution in [2.45, 2.75) is 19.3 Å². The number of hydrogen-bond donors (Lipinski definition) is 2. The molecule has 0 aliphatic heterocycles. The van der Waals surface area contributed by atoms with Crippen LogP contribution in [0.1, 0.15) is 6.92 Å². The number of ether oxygens (including phenoxy) is 1. The SMILES string of the molecule is CC(O)C(N)Oc1ccccc1Cl. The second-order valence-corrected chi connectivity index (χ2v) is 3.16. The molecular formula is C9H12ClNO2. The molecule has 0 saturated heterocycles. The van der Waals surface area contributed by atoms with Crippen LogP contribution in [0.2, 0.25) is 5.02 Å². The van der Waals surface area contributed by atoms with E-state index in [0.717, 1.165) is 0 Å². The van der Waals surface area contributed by atoms with Crippen LogP contribution in [0.4, 0.5) is 0 Å². The van der Waals surface area contributed by atoms with Gasteiger partial charge in [0.1, 0.15) is 11.9 Å². The van der Waals surface area contributed by atoms with Crippen LogP contribution in [0.25, 0.3) is 0 Å². The molecule has 0 spiro atoms. The Kier molecular flexibility index (Phi) is 3.54. The Morgan fingerprint density at radius 2 is 2.08 bits per heavy atom. The summed E-state index contributed by atoms with van der Waals surface area (Å²) in [5.41, 5.74) is 5.49. The largest absolute Gasteiger partial charge is 0.471 e. The van der Waals surface area contributed by atoms with Crippen molar-refractivity contribution in [3.8, 4) is 5.75 Å². The molecule has 0 aliphatic carbocycles. The predicted octanol–water partition coefficient (Wildman–Crippen LogP) is 1.38. The molecule has 13 heavy (non-hydrogen) atoms. The Morgan fingerprint density at radius 3 is 2.62 bits per heavy atom. The van der Waals surface area contributed by atoms with Gasteiger partial charge in [0.25, 0.3) is 0 Å². The van der Waals surface area contributed by atoms with E-state index in [2.05, 4.69) is 0 Å². The van der Waals surface area contributed by atoms with Crippen molar-refractivity contribution in [3.05, 3.63) is 29.3 Å². The van der Waals surface area contributed by atoms with E-state index >= 15 is 0 Å². The van der Waals surface area contributed by atoms with E-state index < -0.39 is 12.3 Å². The Hall–Kier alpha value is -0.770. The summed E-state index contributed by atoms with van der Waals surface area (Å²) in [6, 6.07) is 6.98. The average molecular weight is 202 g/mol. The minimum absolute atomic E-state index is 0.484. The van der Waals surface area contributed by atoms with Crippen LogP contribution in [0.5, 0.6) is 5.75 Å². The summed E-state index contributed by atoms with van der Waals surface area (Å²) < 4.78 is 5.20.